The van der Waals surface area contributed by atoms with Crippen molar-refractivity contribution in [2.45, 2.75) is 37.8 Å². The second kappa shape index (κ2) is 8.95. The van der Waals surface area contributed by atoms with Crippen LogP contribution in [0, 0.1) is 5.82 Å². The number of rotatable bonds is 4. The number of nitrogens with zero attached hydrogens (tertiary/aromatic N) is 1. The summed E-state index contributed by atoms with van der Waals surface area (Å²) in [6, 6.07) is 3.80. The Morgan fingerprint density at radius 3 is 2.48 bits per heavy atom. The number of urea groups is 1. The van der Waals surface area contributed by atoms with Gasteiger partial charge in [0.1, 0.15) is 5.82 Å². The number of nitrogens with one attached hydrogen (secondary N) is 3. The van der Waals surface area contributed by atoms with Gasteiger partial charge in [-0.25, -0.2) is 9.18 Å². The van der Waals surface area contributed by atoms with Crippen LogP contribution in [0.25, 0.3) is 0 Å². The molecule has 0 aliphatic heterocycles. The summed E-state index contributed by atoms with van der Waals surface area (Å²) in [5.74, 6) is -0.530. The molecule has 1 aromatic heterocycles. The van der Waals surface area contributed by atoms with Gasteiger partial charge in [-0.2, -0.15) is 0 Å². The van der Waals surface area contributed by atoms with E-state index in [1.807, 2.05) is 0 Å². The van der Waals surface area contributed by atoms with Crippen LogP contribution in [0.2, 0.25) is 15.1 Å². The zero-order valence-electron chi connectivity index (χ0n) is 14.2. The van der Waals surface area contributed by atoms with Crippen LogP contribution in [-0.2, 0) is 0 Å². The van der Waals surface area contributed by atoms with E-state index >= 15 is 0 Å². The minimum absolute atomic E-state index is 0.00782. The van der Waals surface area contributed by atoms with Crippen LogP contribution >= 0.6 is 34.8 Å². The highest BCUT2D eigenvalue weighted by Crippen LogP contribution is 2.32. The molecule has 1 aliphatic rings. The molecule has 0 radical (unpaired) electrons. The number of benzene rings is 1. The summed E-state index contributed by atoms with van der Waals surface area (Å²) >= 11 is 18.0. The van der Waals surface area contributed by atoms with Gasteiger partial charge in [0.2, 0.25) is 0 Å². The predicted octanol–water partition coefficient (Wildman–Crippen LogP) is 5.73. The molecule has 1 fully saturated rings. The molecule has 2 aromatic rings. The van der Waals surface area contributed by atoms with Gasteiger partial charge in [0.25, 0.3) is 0 Å². The average molecular weight is 432 g/mol. The Hall–Kier alpha value is -1.76. The van der Waals surface area contributed by atoms with Crippen molar-refractivity contribution in [2.24, 2.45) is 0 Å². The maximum Gasteiger partial charge on any atom is 0.319 e. The van der Waals surface area contributed by atoms with Gasteiger partial charge in [-0.3, -0.25) is 4.98 Å². The predicted molar refractivity (Wildman–Crippen MR) is 107 cm³/mol. The van der Waals surface area contributed by atoms with E-state index < -0.39 is 5.82 Å². The van der Waals surface area contributed by atoms with Crippen molar-refractivity contribution in [1.82, 2.24) is 10.3 Å². The van der Waals surface area contributed by atoms with E-state index in [0.717, 1.165) is 25.7 Å². The fraction of sp³-hybridized carbons (Fsp3) is 0.333. The van der Waals surface area contributed by atoms with Crippen molar-refractivity contribution >= 4 is 52.2 Å². The quantitative estimate of drug-likeness (QED) is 0.579. The molecular formula is C18H18Cl3FN4O. The summed E-state index contributed by atoms with van der Waals surface area (Å²) in [5.41, 5.74) is 1.09. The van der Waals surface area contributed by atoms with E-state index in [9.17, 15) is 9.18 Å². The number of amides is 2. The molecule has 1 aromatic carbocycles. The summed E-state index contributed by atoms with van der Waals surface area (Å²) in [6.45, 7) is 0. The molecule has 144 valence electrons. The summed E-state index contributed by atoms with van der Waals surface area (Å²) in [6.07, 6.45) is 6.57. The first-order chi connectivity index (χ1) is 12.9. The standard InChI is InChI=1S/C18H18Cl3FN4O/c19-13-7-12(4-5-16(13)22)26-18(27)25-11-3-1-2-10(6-11)24-17-14(20)8-23-9-15(17)21/h4-5,7-11H,1-3,6H2,(H,23,24)(H2,25,26,27)/t10-,11+/m1/s1. The maximum absolute atomic E-state index is 13.2. The zero-order valence-corrected chi connectivity index (χ0v) is 16.5. The molecule has 0 saturated heterocycles. The van der Waals surface area contributed by atoms with Crippen molar-refractivity contribution in [3.05, 3.63) is 51.5 Å². The van der Waals surface area contributed by atoms with Crippen LogP contribution in [0.1, 0.15) is 25.7 Å². The Morgan fingerprint density at radius 1 is 1.07 bits per heavy atom. The second-order valence-corrected chi connectivity index (χ2v) is 7.63. The molecule has 27 heavy (non-hydrogen) atoms. The third kappa shape index (κ3) is 5.37. The Labute approximate surface area is 171 Å². The molecule has 0 bridgehead atoms. The molecule has 0 unspecified atom stereocenters. The zero-order chi connectivity index (χ0) is 19.4. The molecule has 1 saturated carbocycles. The number of pyridine rings is 1. The first-order valence-electron chi connectivity index (χ1n) is 8.50. The van der Waals surface area contributed by atoms with E-state index in [4.69, 9.17) is 34.8 Å². The fourth-order valence-corrected chi connectivity index (χ4v) is 3.79. The first kappa shape index (κ1) is 20.0. The Kier molecular flexibility index (Phi) is 6.63. The number of carbonyl (C=O) groups is 1. The lowest BCUT2D eigenvalue weighted by atomic mass is 9.91. The van der Waals surface area contributed by atoms with Gasteiger partial charge in [-0.15, -0.1) is 0 Å². The molecule has 1 heterocycles. The molecule has 2 atom stereocenters. The van der Waals surface area contributed by atoms with Crippen LogP contribution in [0.4, 0.5) is 20.6 Å². The number of carbonyl (C=O) groups excluding carboxylic acids is 1. The van der Waals surface area contributed by atoms with E-state index in [0.29, 0.717) is 21.4 Å². The van der Waals surface area contributed by atoms with Crippen molar-refractivity contribution in [3.63, 3.8) is 0 Å². The first-order valence-corrected chi connectivity index (χ1v) is 9.64. The number of anilines is 2. The Morgan fingerprint density at radius 2 is 1.78 bits per heavy atom. The van der Waals surface area contributed by atoms with E-state index in [2.05, 4.69) is 20.9 Å². The summed E-state index contributed by atoms with van der Waals surface area (Å²) in [5, 5.41) is 9.84. The van der Waals surface area contributed by atoms with Crippen molar-refractivity contribution in [3.8, 4) is 0 Å². The normalized spacial score (nSPS) is 19.4. The number of hydrogen-bond donors (Lipinski definition) is 3. The second-order valence-electron chi connectivity index (χ2n) is 6.41. The lowest BCUT2D eigenvalue weighted by Crippen LogP contribution is -2.43. The molecular weight excluding hydrogens is 414 g/mol. The summed E-state index contributed by atoms with van der Waals surface area (Å²) in [7, 11) is 0. The number of halogens is 4. The Bertz CT molecular complexity index is 816. The minimum Gasteiger partial charge on any atom is -0.380 e. The molecule has 1 aliphatic carbocycles. The van der Waals surface area contributed by atoms with Crippen LogP contribution in [0.3, 0.4) is 0 Å². The molecule has 3 rings (SSSR count). The molecule has 2 amide bonds. The molecule has 0 spiro atoms. The van der Waals surface area contributed by atoms with Crippen molar-refractivity contribution in [2.75, 3.05) is 10.6 Å². The van der Waals surface area contributed by atoms with Gasteiger partial charge >= 0.3 is 6.03 Å². The van der Waals surface area contributed by atoms with Gasteiger partial charge in [0.15, 0.2) is 0 Å². The number of hydrogen-bond acceptors (Lipinski definition) is 3. The monoisotopic (exact) mass is 430 g/mol. The van der Waals surface area contributed by atoms with Crippen molar-refractivity contribution < 1.29 is 9.18 Å². The largest absolute Gasteiger partial charge is 0.380 e. The lowest BCUT2D eigenvalue weighted by Gasteiger charge is -2.31. The lowest BCUT2D eigenvalue weighted by molar-refractivity contribution is 0.243. The van der Waals surface area contributed by atoms with E-state index in [1.165, 1.54) is 30.6 Å². The molecule has 5 nitrogen and oxygen atoms in total. The van der Waals surface area contributed by atoms with E-state index in [-0.39, 0.29) is 23.1 Å². The smallest absolute Gasteiger partial charge is 0.319 e. The maximum atomic E-state index is 13.2. The van der Waals surface area contributed by atoms with Crippen molar-refractivity contribution in [1.29, 1.82) is 0 Å². The molecule has 9 heteroatoms. The average Bonchev–Trinajstić information content (AvgIpc) is 2.62. The molecule has 3 N–H and O–H groups in total. The highest BCUT2D eigenvalue weighted by Gasteiger charge is 2.24. The number of aromatic nitrogens is 1. The van der Waals surface area contributed by atoms with E-state index in [1.54, 1.807) is 0 Å². The van der Waals surface area contributed by atoms with Gasteiger partial charge in [0, 0.05) is 30.2 Å². The highest BCUT2D eigenvalue weighted by molar-refractivity contribution is 6.38. The van der Waals surface area contributed by atoms with Crippen LogP contribution in [-0.4, -0.2) is 23.1 Å². The summed E-state index contributed by atoms with van der Waals surface area (Å²) in [4.78, 5) is 16.2. The van der Waals surface area contributed by atoms with Crippen LogP contribution in [0.5, 0.6) is 0 Å². The summed E-state index contributed by atoms with van der Waals surface area (Å²) < 4.78 is 13.2. The highest BCUT2D eigenvalue weighted by atomic mass is 35.5. The topological polar surface area (TPSA) is 66.1 Å². The van der Waals surface area contributed by atoms with Gasteiger partial charge < -0.3 is 16.0 Å². The fourth-order valence-electron chi connectivity index (χ4n) is 3.13. The SMILES string of the molecule is O=C(Nc1ccc(F)c(Cl)c1)N[C@H]1CCC[C@@H](Nc2c(Cl)cncc2Cl)C1. The van der Waals surface area contributed by atoms with Gasteiger partial charge in [0.05, 0.1) is 20.8 Å². The van der Waals surface area contributed by atoms with Crippen LogP contribution in [0.15, 0.2) is 30.6 Å². The van der Waals surface area contributed by atoms with Crippen LogP contribution < -0.4 is 16.0 Å². The third-order valence-corrected chi connectivity index (χ3v) is 5.25. The third-order valence-electron chi connectivity index (χ3n) is 4.39. The van der Waals surface area contributed by atoms with Gasteiger partial charge in [-0.05, 0) is 43.9 Å². The van der Waals surface area contributed by atoms with Gasteiger partial charge in [-0.1, -0.05) is 34.8 Å². The Balaban J connectivity index is 1.56. The minimum atomic E-state index is -0.530.